The van der Waals surface area contributed by atoms with E-state index in [0.29, 0.717) is 12.3 Å². The van der Waals surface area contributed by atoms with Gasteiger partial charge in [-0.15, -0.1) is 0 Å². The van der Waals surface area contributed by atoms with Crippen molar-refractivity contribution in [2.75, 3.05) is 0 Å². The number of alkyl halides is 1. The summed E-state index contributed by atoms with van der Waals surface area (Å²) < 4.78 is 0. The zero-order chi connectivity index (χ0) is 9.02. The Balaban J connectivity index is 3.93. The van der Waals surface area contributed by atoms with Crippen LogP contribution in [0.3, 0.4) is 0 Å². The fourth-order valence-corrected chi connectivity index (χ4v) is 1.60. The monoisotopic (exact) mass is 222 g/mol. The maximum atomic E-state index is 10.7. The number of aliphatic carboxylic acids is 1. The number of rotatable bonds is 4. The Morgan fingerprint density at radius 2 is 1.91 bits per heavy atom. The lowest BCUT2D eigenvalue weighted by Crippen LogP contribution is -2.24. The number of hydrogen-bond acceptors (Lipinski definition) is 2. The Morgan fingerprint density at radius 3 is 2.18 bits per heavy atom. The Kier molecular flexibility index (Phi) is 4.33. The molecule has 0 fully saturated rings. The fraction of sp³-hybridized carbons (Fsp3) is 0.714. The molecule has 0 aromatic rings. The maximum Gasteiger partial charge on any atom is 0.373 e. The summed E-state index contributed by atoms with van der Waals surface area (Å²) in [5.41, 5.74) is 0. The molecule has 64 valence electrons. The molecule has 0 aliphatic rings. The first kappa shape index (κ1) is 10.6. The summed E-state index contributed by atoms with van der Waals surface area (Å²) in [4.78, 5) is 20.3. The van der Waals surface area contributed by atoms with Gasteiger partial charge in [0, 0.05) is 0 Å². The van der Waals surface area contributed by atoms with Crippen LogP contribution in [0, 0.1) is 5.92 Å². The first-order valence-corrected chi connectivity index (χ1v) is 4.28. The van der Waals surface area contributed by atoms with Crippen LogP contribution in [0.4, 0.5) is 0 Å². The van der Waals surface area contributed by atoms with Crippen molar-refractivity contribution in [2.45, 2.75) is 25.1 Å². The van der Waals surface area contributed by atoms with Gasteiger partial charge in [0.05, 0.1) is 4.83 Å². The third kappa shape index (κ3) is 4.14. The van der Waals surface area contributed by atoms with Crippen LogP contribution in [-0.2, 0) is 9.59 Å². The Bertz CT molecular complexity index is 165. The zero-order valence-electron chi connectivity index (χ0n) is 6.50. The number of hydrogen-bond donors (Lipinski definition) is 1. The van der Waals surface area contributed by atoms with E-state index in [0.717, 1.165) is 0 Å². The molecule has 0 amide bonds. The quantitative estimate of drug-likeness (QED) is 0.579. The SMILES string of the molecule is CC(C)CC(Br)C(=O)C(=O)O. The molecule has 0 heterocycles. The maximum absolute atomic E-state index is 10.7. The molecule has 1 unspecified atom stereocenters. The molecule has 0 saturated carbocycles. The van der Waals surface area contributed by atoms with Crippen LogP contribution in [0.15, 0.2) is 0 Å². The van der Waals surface area contributed by atoms with Crippen molar-refractivity contribution < 1.29 is 14.7 Å². The molecular weight excluding hydrogens is 212 g/mol. The van der Waals surface area contributed by atoms with Gasteiger partial charge in [-0.1, -0.05) is 29.8 Å². The van der Waals surface area contributed by atoms with E-state index in [-0.39, 0.29) is 0 Å². The van der Waals surface area contributed by atoms with E-state index in [2.05, 4.69) is 15.9 Å². The summed E-state index contributed by atoms with van der Waals surface area (Å²) in [7, 11) is 0. The second kappa shape index (κ2) is 4.49. The van der Waals surface area contributed by atoms with Gasteiger partial charge in [0.2, 0.25) is 0 Å². The standard InChI is InChI=1S/C7H11BrO3/c1-4(2)3-5(8)6(9)7(10)11/h4-5H,3H2,1-2H3,(H,10,11). The molecular formula is C7H11BrO3. The molecule has 0 aromatic carbocycles. The molecule has 1 atom stereocenters. The van der Waals surface area contributed by atoms with Crippen LogP contribution in [0.25, 0.3) is 0 Å². The first-order chi connectivity index (χ1) is 4.95. The van der Waals surface area contributed by atoms with Gasteiger partial charge in [-0.2, -0.15) is 0 Å². The van der Waals surface area contributed by atoms with Crippen molar-refractivity contribution in [3.8, 4) is 0 Å². The lowest BCUT2D eigenvalue weighted by Gasteiger charge is -2.07. The average molecular weight is 223 g/mol. The van der Waals surface area contributed by atoms with Gasteiger partial charge in [0.25, 0.3) is 5.78 Å². The number of carbonyl (C=O) groups excluding carboxylic acids is 1. The second-order valence-corrected chi connectivity index (χ2v) is 3.87. The van der Waals surface area contributed by atoms with Gasteiger partial charge in [0.1, 0.15) is 0 Å². The predicted molar refractivity (Wildman–Crippen MR) is 44.8 cm³/mol. The van der Waals surface area contributed by atoms with Crippen molar-refractivity contribution in [1.29, 1.82) is 0 Å². The molecule has 4 heteroatoms. The van der Waals surface area contributed by atoms with Crippen molar-refractivity contribution in [2.24, 2.45) is 5.92 Å². The van der Waals surface area contributed by atoms with Crippen molar-refractivity contribution in [3.05, 3.63) is 0 Å². The largest absolute Gasteiger partial charge is 0.475 e. The van der Waals surface area contributed by atoms with E-state index < -0.39 is 16.6 Å². The Labute approximate surface area is 73.9 Å². The van der Waals surface area contributed by atoms with Crippen molar-refractivity contribution >= 4 is 27.7 Å². The molecule has 0 spiro atoms. The smallest absolute Gasteiger partial charge is 0.373 e. The van der Waals surface area contributed by atoms with E-state index >= 15 is 0 Å². The number of ketones is 1. The summed E-state index contributed by atoms with van der Waals surface area (Å²) in [5.74, 6) is -1.81. The zero-order valence-corrected chi connectivity index (χ0v) is 8.09. The van der Waals surface area contributed by atoms with Gasteiger partial charge in [-0.05, 0) is 12.3 Å². The molecule has 3 nitrogen and oxygen atoms in total. The molecule has 11 heavy (non-hydrogen) atoms. The van der Waals surface area contributed by atoms with Gasteiger partial charge in [0.15, 0.2) is 0 Å². The van der Waals surface area contributed by atoms with E-state index in [4.69, 9.17) is 5.11 Å². The topological polar surface area (TPSA) is 54.4 Å². The third-order valence-corrected chi connectivity index (χ3v) is 1.96. The lowest BCUT2D eigenvalue weighted by molar-refractivity contribution is -0.148. The summed E-state index contributed by atoms with van der Waals surface area (Å²) in [6.07, 6.45) is 0.561. The van der Waals surface area contributed by atoms with Gasteiger partial charge < -0.3 is 5.11 Å². The minimum atomic E-state index is -1.37. The summed E-state index contributed by atoms with van der Waals surface area (Å²) in [6.45, 7) is 3.87. The van der Waals surface area contributed by atoms with Crippen LogP contribution in [-0.4, -0.2) is 21.7 Å². The normalized spacial score (nSPS) is 13.1. The van der Waals surface area contributed by atoms with Crippen molar-refractivity contribution in [1.82, 2.24) is 0 Å². The second-order valence-electron chi connectivity index (χ2n) is 2.77. The fourth-order valence-electron chi connectivity index (χ4n) is 0.655. The highest BCUT2D eigenvalue weighted by Crippen LogP contribution is 2.13. The van der Waals surface area contributed by atoms with Crippen LogP contribution < -0.4 is 0 Å². The minimum absolute atomic E-state index is 0.322. The van der Waals surface area contributed by atoms with E-state index in [1.807, 2.05) is 13.8 Å². The highest BCUT2D eigenvalue weighted by Gasteiger charge is 2.22. The van der Waals surface area contributed by atoms with Crippen molar-refractivity contribution in [3.63, 3.8) is 0 Å². The van der Waals surface area contributed by atoms with E-state index in [1.165, 1.54) is 0 Å². The number of Topliss-reactive ketones (excluding diaryl/α,β-unsaturated/α-hetero) is 1. The summed E-state index contributed by atoms with van der Waals surface area (Å²) >= 11 is 3.01. The van der Waals surface area contributed by atoms with E-state index in [1.54, 1.807) is 0 Å². The minimum Gasteiger partial charge on any atom is -0.475 e. The highest BCUT2D eigenvalue weighted by atomic mass is 79.9. The van der Waals surface area contributed by atoms with Crippen LogP contribution in [0.2, 0.25) is 0 Å². The Morgan fingerprint density at radius 1 is 1.45 bits per heavy atom. The summed E-state index contributed by atoms with van der Waals surface area (Å²) in [6, 6.07) is 0. The predicted octanol–water partition coefficient (Wildman–Crippen LogP) is 1.45. The molecule has 0 rings (SSSR count). The van der Waals surface area contributed by atoms with E-state index in [9.17, 15) is 9.59 Å². The molecule has 0 aromatic heterocycles. The lowest BCUT2D eigenvalue weighted by atomic mass is 10.1. The molecule has 0 saturated heterocycles. The Hall–Kier alpha value is -0.380. The van der Waals surface area contributed by atoms with Gasteiger partial charge >= 0.3 is 5.97 Å². The summed E-state index contributed by atoms with van der Waals surface area (Å²) in [5, 5.41) is 8.29. The molecule has 1 N–H and O–H groups in total. The van der Waals surface area contributed by atoms with Crippen LogP contribution in [0.1, 0.15) is 20.3 Å². The van der Waals surface area contributed by atoms with Gasteiger partial charge in [-0.3, -0.25) is 4.79 Å². The highest BCUT2D eigenvalue weighted by molar-refractivity contribution is 9.10. The number of carboxylic acid groups (broad SMARTS) is 1. The third-order valence-electron chi connectivity index (χ3n) is 1.17. The number of carbonyl (C=O) groups is 2. The van der Waals surface area contributed by atoms with Gasteiger partial charge in [-0.25, -0.2) is 4.79 Å². The van der Waals surface area contributed by atoms with Crippen LogP contribution >= 0.6 is 15.9 Å². The first-order valence-electron chi connectivity index (χ1n) is 3.36. The molecule has 0 aliphatic heterocycles. The van der Waals surface area contributed by atoms with Crippen LogP contribution in [0.5, 0.6) is 0 Å². The number of halogens is 1. The average Bonchev–Trinajstić information content (AvgIpc) is 1.84. The molecule has 0 aliphatic carbocycles. The molecule has 0 radical (unpaired) electrons. The molecule has 0 bridgehead atoms. The number of carboxylic acids is 1.